The number of hydrogen-bond donors (Lipinski definition) is 1. The molecule has 13 heteroatoms. The molecule has 0 bridgehead atoms. The second-order valence-electron chi connectivity index (χ2n) is 16.6. The van der Waals surface area contributed by atoms with Crippen LogP contribution < -0.4 is 5.32 Å². The average molecular weight is 785 g/mol. The molecule has 2 aromatic carbocycles. The van der Waals surface area contributed by atoms with Crippen molar-refractivity contribution in [1.29, 1.82) is 0 Å². The highest BCUT2D eigenvalue weighted by Crippen LogP contribution is 2.33. The van der Waals surface area contributed by atoms with Gasteiger partial charge in [0, 0.05) is 12.6 Å². The molecular weight excluding hydrogens is 720 g/mol. The van der Waals surface area contributed by atoms with Crippen molar-refractivity contribution < 1.29 is 52.4 Å². The van der Waals surface area contributed by atoms with Gasteiger partial charge >= 0.3 is 30.3 Å². The summed E-state index contributed by atoms with van der Waals surface area (Å²) in [5.41, 5.74) is -0.0475. The average Bonchev–Trinajstić information content (AvgIpc) is 3.11. The van der Waals surface area contributed by atoms with Crippen LogP contribution in [0.15, 0.2) is 60.7 Å². The fraction of sp³-hybridized carbons (Fsp3) is 0.605. The van der Waals surface area contributed by atoms with E-state index in [2.05, 4.69) is 10.1 Å². The molecule has 0 saturated carbocycles. The quantitative estimate of drug-likeness (QED) is 0.169. The van der Waals surface area contributed by atoms with Gasteiger partial charge < -0.3 is 38.6 Å². The van der Waals surface area contributed by atoms with E-state index in [1.807, 2.05) is 81.4 Å². The number of benzene rings is 2. The molecule has 1 N–H and O–H groups in total. The van der Waals surface area contributed by atoms with Crippen LogP contribution in [0.2, 0.25) is 0 Å². The van der Waals surface area contributed by atoms with E-state index in [0.717, 1.165) is 43.4 Å². The molecule has 4 atom stereocenters. The van der Waals surface area contributed by atoms with Gasteiger partial charge in [0.1, 0.15) is 22.7 Å². The number of ether oxygens (including phenoxy) is 6. The fourth-order valence-electron chi connectivity index (χ4n) is 6.25. The lowest BCUT2D eigenvalue weighted by molar-refractivity contribution is -0.145. The molecule has 0 radical (unpaired) electrons. The van der Waals surface area contributed by atoms with Crippen LogP contribution in [-0.2, 0) is 38.0 Å². The molecule has 2 saturated heterocycles. The highest BCUT2D eigenvalue weighted by Gasteiger charge is 2.40. The van der Waals surface area contributed by atoms with Crippen LogP contribution in [-0.4, -0.2) is 91.4 Å². The first-order valence-electron chi connectivity index (χ1n) is 19.3. The van der Waals surface area contributed by atoms with Crippen LogP contribution in [0.1, 0.15) is 124 Å². The molecule has 2 aliphatic rings. The van der Waals surface area contributed by atoms with Crippen molar-refractivity contribution >= 4 is 30.3 Å². The molecule has 2 aliphatic heterocycles. The molecule has 2 aromatic rings. The summed E-state index contributed by atoms with van der Waals surface area (Å²) in [4.78, 5) is 60.8. The van der Waals surface area contributed by atoms with E-state index in [1.54, 1.807) is 46.4 Å². The van der Waals surface area contributed by atoms with Crippen molar-refractivity contribution in [2.24, 2.45) is 0 Å². The Labute approximate surface area is 333 Å². The predicted molar refractivity (Wildman–Crippen MR) is 212 cm³/mol. The first-order valence-corrected chi connectivity index (χ1v) is 19.3. The van der Waals surface area contributed by atoms with Gasteiger partial charge in [0.15, 0.2) is 0 Å². The Hall–Kier alpha value is -4.65. The molecule has 4 unspecified atom stereocenters. The highest BCUT2D eigenvalue weighted by molar-refractivity contribution is 5.81. The second kappa shape index (κ2) is 22.2. The number of rotatable bonds is 6. The van der Waals surface area contributed by atoms with Crippen molar-refractivity contribution in [3.63, 3.8) is 0 Å². The molecule has 56 heavy (non-hydrogen) atoms. The minimum absolute atomic E-state index is 0.143. The van der Waals surface area contributed by atoms with Crippen LogP contribution in [0.25, 0.3) is 0 Å². The van der Waals surface area contributed by atoms with E-state index in [-0.39, 0.29) is 36.0 Å². The van der Waals surface area contributed by atoms with E-state index < -0.39 is 35.0 Å². The van der Waals surface area contributed by atoms with Gasteiger partial charge in [-0.3, -0.25) is 9.59 Å². The molecule has 13 nitrogen and oxygen atoms in total. The van der Waals surface area contributed by atoms with Crippen molar-refractivity contribution in [2.45, 2.75) is 142 Å². The molecule has 4 rings (SSSR count). The molecule has 0 aliphatic carbocycles. The zero-order chi connectivity index (χ0) is 42.1. The van der Waals surface area contributed by atoms with E-state index in [1.165, 1.54) is 27.1 Å². The maximum absolute atomic E-state index is 12.6. The number of nitrogens with one attached hydrogen (secondary N) is 1. The summed E-state index contributed by atoms with van der Waals surface area (Å²) in [5, 5.41) is 3.43. The van der Waals surface area contributed by atoms with Crippen LogP contribution in [0.3, 0.4) is 0 Å². The molecular formula is C43H64N2O11. The minimum Gasteiger partial charge on any atom is -0.469 e. The van der Waals surface area contributed by atoms with Gasteiger partial charge in [-0.15, -0.1) is 0 Å². The molecule has 2 heterocycles. The number of carbonyl (C=O) groups is 5. The first-order chi connectivity index (χ1) is 26.2. The standard InChI is InChI=1S/C19H27NO4.C14H19NO2.C10H18O5/c1-19(2,3)24-18(22)20-13-9-8-12-15(20)16(17(21)23-4)14-10-6-5-7-11-14;1-17-14(16)13(11-7-3-2-4-8-11)12-9-5-6-10-15-12;1-9(2,3)14-7(11)13-8(12)15-10(4,5)6/h5-7,10-11,15-16H,8-9,12-13H2,1-4H3;2-4,7-8,12-13,15H,5-6,9-10H2,1H3;1-6H3. The smallest absolute Gasteiger partial charge is 0.469 e. The predicted octanol–water partition coefficient (Wildman–Crippen LogP) is 8.69. The van der Waals surface area contributed by atoms with Gasteiger partial charge in [-0.1, -0.05) is 67.1 Å². The summed E-state index contributed by atoms with van der Waals surface area (Å²) in [6, 6.07) is 19.4. The van der Waals surface area contributed by atoms with E-state index in [9.17, 15) is 24.0 Å². The third-order valence-electron chi connectivity index (χ3n) is 8.49. The normalized spacial score (nSPS) is 18.2. The number of hydrogen-bond acceptors (Lipinski definition) is 12. The summed E-state index contributed by atoms with van der Waals surface area (Å²) < 4.78 is 29.3. The van der Waals surface area contributed by atoms with Gasteiger partial charge in [-0.2, -0.15) is 0 Å². The number of esters is 2. The van der Waals surface area contributed by atoms with Crippen LogP contribution in [0.4, 0.5) is 14.4 Å². The Morgan fingerprint density at radius 1 is 0.607 bits per heavy atom. The van der Waals surface area contributed by atoms with Gasteiger partial charge in [-0.25, -0.2) is 14.4 Å². The third-order valence-corrected chi connectivity index (χ3v) is 8.49. The summed E-state index contributed by atoms with van der Waals surface area (Å²) in [6.45, 7) is 17.1. The van der Waals surface area contributed by atoms with Crippen molar-refractivity contribution in [3.05, 3.63) is 71.8 Å². The van der Waals surface area contributed by atoms with Crippen molar-refractivity contribution in [1.82, 2.24) is 10.2 Å². The molecule has 2 fully saturated rings. The number of carbonyl (C=O) groups excluding carboxylic acids is 5. The van der Waals surface area contributed by atoms with Gasteiger partial charge in [0.25, 0.3) is 0 Å². The van der Waals surface area contributed by atoms with Gasteiger partial charge in [0.2, 0.25) is 0 Å². The Balaban J connectivity index is 0.000000301. The Morgan fingerprint density at radius 3 is 1.48 bits per heavy atom. The molecule has 1 amide bonds. The zero-order valence-electron chi connectivity index (χ0n) is 35.2. The van der Waals surface area contributed by atoms with Crippen LogP contribution >= 0.6 is 0 Å². The van der Waals surface area contributed by atoms with Gasteiger partial charge in [-0.05, 0) is 112 Å². The summed E-state index contributed by atoms with van der Waals surface area (Å²) in [6.07, 6.45) is 3.58. The lowest BCUT2D eigenvalue weighted by Crippen LogP contribution is -2.50. The topological polar surface area (TPSA) is 156 Å². The maximum Gasteiger partial charge on any atom is 0.519 e. The second-order valence-corrected chi connectivity index (χ2v) is 16.6. The number of piperidine rings is 2. The lowest BCUT2D eigenvalue weighted by atomic mass is 9.85. The largest absolute Gasteiger partial charge is 0.519 e. The SMILES string of the molecule is CC(C)(C)OC(=O)OC(=O)OC(C)(C)C.COC(=O)C(c1ccccc1)C1CCCCN1.COC(=O)C(c1ccccc1)C1CCCCN1C(=O)OC(C)(C)C. The van der Waals surface area contributed by atoms with Crippen LogP contribution in [0.5, 0.6) is 0 Å². The maximum atomic E-state index is 12.6. The van der Waals surface area contributed by atoms with E-state index >= 15 is 0 Å². The molecule has 0 spiro atoms. The number of likely N-dealkylation sites (tertiary alicyclic amines) is 1. The summed E-state index contributed by atoms with van der Waals surface area (Å²) in [5.74, 6) is -1.14. The summed E-state index contributed by atoms with van der Waals surface area (Å²) in [7, 11) is 2.85. The van der Waals surface area contributed by atoms with Crippen LogP contribution in [0, 0.1) is 0 Å². The number of nitrogens with zero attached hydrogens (tertiary/aromatic N) is 1. The molecule has 312 valence electrons. The number of amides is 1. The fourth-order valence-corrected chi connectivity index (χ4v) is 6.25. The third kappa shape index (κ3) is 17.4. The van der Waals surface area contributed by atoms with Gasteiger partial charge in [0.05, 0.1) is 26.2 Å². The molecule has 0 aromatic heterocycles. The van der Waals surface area contributed by atoms with E-state index in [4.69, 9.17) is 23.7 Å². The Bertz CT molecular complexity index is 1500. The van der Waals surface area contributed by atoms with Crippen molar-refractivity contribution in [2.75, 3.05) is 27.3 Å². The van der Waals surface area contributed by atoms with Crippen molar-refractivity contribution in [3.8, 4) is 0 Å². The highest BCUT2D eigenvalue weighted by atomic mass is 16.8. The first kappa shape index (κ1) is 47.5. The zero-order valence-corrected chi connectivity index (χ0v) is 35.2. The lowest BCUT2D eigenvalue weighted by Gasteiger charge is -2.40. The monoisotopic (exact) mass is 784 g/mol. The minimum atomic E-state index is -1.06. The Morgan fingerprint density at radius 2 is 1.05 bits per heavy atom. The summed E-state index contributed by atoms with van der Waals surface area (Å²) >= 11 is 0. The Kier molecular flexibility index (Phi) is 18.8. The number of methoxy groups -OCH3 is 2. The van der Waals surface area contributed by atoms with E-state index in [0.29, 0.717) is 6.54 Å².